The van der Waals surface area contributed by atoms with Crippen molar-refractivity contribution >= 4 is 69.2 Å². The smallest absolute Gasteiger partial charge is 0.338 e. The average molecular weight is 449 g/mol. The highest BCUT2D eigenvalue weighted by molar-refractivity contribution is 8.27. The monoisotopic (exact) mass is 448 g/mol. The zero-order valence-electron chi connectivity index (χ0n) is 15.0. The molecule has 1 heterocycles. The Balaban J connectivity index is 1.92. The summed E-state index contributed by atoms with van der Waals surface area (Å²) in [4.78, 5) is 36.9. The van der Waals surface area contributed by atoms with E-state index in [2.05, 4.69) is 0 Å². The summed E-state index contributed by atoms with van der Waals surface area (Å²) in [7, 11) is 0. The normalized spacial score (nSPS) is 15.1. The first-order chi connectivity index (χ1) is 13.8. The van der Waals surface area contributed by atoms with Crippen molar-refractivity contribution in [1.82, 2.24) is 0 Å². The predicted molar refractivity (Wildman–Crippen MR) is 116 cm³/mol. The minimum Gasteiger partial charge on any atom is -0.462 e. The van der Waals surface area contributed by atoms with Gasteiger partial charge in [-0.3, -0.25) is 19.8 Å². The highest BCUT2D eigenvalue weighted by Crippen LogP contribution is 2.37. The van der Waals surface area contributed by atoms with Crippen LogP contribution in [0, 0.1) is 10.1 Å². The van der Waals surface area contributed by atoms with Crippen LogP contribution in [-0.4, -0.2) is 27.7 Å². The maximum atomic E-state index is 12.9. The van der Waals surface area contributed by atoms with Crippen LogP contribution >= 0.6 is 35.6 Å². The summed E-state index contributed by atoms with van der Waals surface area (Å²) in [6, 6.07) is 10.7. The molecule has 0 saturated carbocycles. The van der Waals surface area contributed by atoms with Crippen LogP contribution in [0.1, 0.15) is 22.8 Å². The van der Waals surface area contributed by atoms with Crippen LogP contribution in [0.2, 0.25) is 5.02 Å². The molecule has 1 amide bonds. The number of carbonyl (C=O) groups is 2. The second kappa shape index (κ2) is 8.73. The second-order valence-corrected chi connectivity index (χ2v) is 7.84. The van der Waals surface area contributed by atoms with Crippen LogP contribution in [0.15, 0.2) is 47.4 Å². The van der Waals surface area contributed by atoms with Gasteiger partial charge >= 0.3 is 5.97 Å². The van der Waals surface area contributed by atoms with E-state index in [1.165, 1.54) is 29.2 Å². The molecule has 10 heteroatoms. The van der Waals surface area contributed by atoms with Gasteiger partial charge in [0.25, 0.3) is 11.6 Å². The number of nitro groups is 1. The third-order valence-electron chi connectivity index (χ3n) is 3.87. The van der Waals surface area contributed by atoms with Gasteiger partial charge in [-0.1, -0.05) is 47.7 Å². The Bertz CT molecular complexity index is 1070. The molecule has 7 nitrogen and oxygen atoms in total. The number of nitro benzene ring substituents is 1. The van der Waals surface area contributed by atoms with Gasteiger partial charge in [-0.2, -0.15) is 0 Å². The van der Waals surface area contributed by atoms with Crippen molar-refractivity contribution in [2.75, 3.05) is 11.5 Å². The number of thiocarbonyl (C=S) groups is 1. The van der Waals surface area contributed by atoms with E-state index in [0.717, 1.165) is 11.8 Å². The van der Waals surface area contributed by atoms with Crippen LogP contribution in [0.5, 0.6) is 0 Å². The summed E-state index contributed by atoms with van der Waals surface area (Å²) in [6.07, 6.45) is 1.51. The van der Waals surface area contributed by atoms with Gasteiger partial charge in [-0.25, -0.2) is 4.79 Å². The summed E-state index contributed by atoms with van der Waals surface area (Å²) < 4.78 is 5.26. The molecule has 1 fully saturated rings. The van der Waals surface area contributed by atoms with Crippen molar-refractivity contribution in [2.45, 2.75) is 6.92 Å². The second-order valence-electron chi connectivity index (χ2n) is 5.76. The first-order valence-electron chi connectivity index (χ1n) is 8.31. The van der Waals surface area contributed by atoms with Gasteiger partial charge < -0.3 is 4.74 Å². The molecule has 0 radical (unpaired) electrons. The molecule has 1 aliphatic heterocycles. The number of thioether (sulfide) groups is 1. The molecule has 29 heavy (non-hydrogen) atoms. The Morgan fingerprint density at radius 2 is 2.10 bits per heavy atom. The fraction of sp³-hybridized carbons (Fsp3) is 0.105. The Kier molecular flexibility index (Phi) is 6.31. The topological polar surface area (TPSA) is 89.8 Å². The van der Waals surface area contributed by atoms with Gasteiger partial charge in [-0.05, 0) is 42.8 Å². The number of benzene rings is 2. The fourth-order valence-electron chi connectivity index (χ4n) is 2.59. The Morgan fingerprint density at radius 1 is 1.34 bits per heavy atom. The number of ether oxygens (including phenoxy) is 1. The summed E-state index contributed by atoms with van der Waals surface area (Å²) in [5.74, 6) is -0.887. The highest BCUT2D eigenvalue weighted by Gasteiger charge is 2.33. The van der Waals surface area contributed by atoms with Crippen molar-refractivity contribution < 1.29 is 19.2 Å². The van der Waals surface area contributed by atoms with Crippen LogP contribution in [-0.2, 0) is 9.53 Å². The lowest BCUT2D eigenvalue weighted by Crippen LogP contribution is -2.27. The number of carbonyl (C=O) groups excluding carboxylic acids is 2. The van der Waals surface area contributed by atoms with Crippen LogP contribution < -0.4 is 4.90 Å². The number of anilines is 1. The number of halogens is 1. The van der Waals surface area contributed by atoms with Gasteiger partial charge in [-0.15, -0.1) is 0 Å². The van der Waals surface area contributed by atoms with E-state index in [-0.39, 0.29) is 21.6 Å². The molecule has 0 unspecified atom stereocenters. The van der Waals surface area contributed by atoms with Crippen molar-refractivity contribution in [1.29, 1.82) is 0 Å². The first kappa shape index (κ1) is 21.0. The zero-order valence-corrected chi connectivity index (χ0v) is 17.3. The standard InChI is InChI=1S/C19H13ClN2O5S2/c1-2-27-18(24)12-4-3-5-13(10-12)21-17(23)16(29-19(21)28)9-11-6-7-14(20)15(8-11)22(25)26/h3-10H,2H2,1H3/b16-9-. The van der Waals surface area contributed by atoms with E-state index in [9.17, 15) is 19.7 Å². The molecule has 0 aliphatic carbocycles. The zero-order chi connectivity index (χ0) is 21.1. The molecule has 0 aromatic heterocycles. The third-order valence-corrected chi connectivity index (χ3v) is 5.50. The maximum absolute atomic E-state index is 12.9. The number of nitrogens with zero attached hydrogens (tertiary/aromatic N) is 2. The summed E-state index contributed by atoms with van der Waals surface area (Å²) >= 11 is 12.2. The SMILES string of the molecule is CCOC(=O)c1cccc(N2C(=O)/C(=C/c3ccc(Cl)c([N+](=O)[O-])c3)SC2=S)c1. The van der Waals surface area contributed by atoms with Gasteiger partial charge in [0.1, 0.15) is 5.02 Å². The molecule has 2 aromatic rings. The summed E-state index contributed by atoms with van der Waals surface area (Å²) in [6.45, 7) is 1.94. The Labute approximate surface area is 180 Å². The van der Waals surface area contributed by atoms with Gasteiger partial charge in [0.2, 0.25) is 0 Å². The number of amides is 1. The molecular formula is C19H13ClN2O5S2. The molecule has 0 N–H and O–H groups in total. The van der Waals surface area contributed by atoms with Gasteiger partial charge in [0.05, 0.1) is 27.7 Å². The van der Waals surface area contributed by atoms with Crippen molar-refractivity contribution in [3.05, 3.63) is 73.6 Å². The molecule has 148 valence electrons. The lowest BCUT2D eigenvalue weighted by atomic mass is 10.1. The van der Waals surface area contributed by atoms with Crippen molar-refractivity contribution in [2.24, 2.45) is 0 Å². The van der Waals surface area contributed by atoms with Crippen molar-refractivity contribution in [3.63, 3.8) is 0 Å². The number of hydrogen-bond donors (Lipinski definition) is 0. The lowest BCUT2D eigenvalue weighted by Gasteiger charge is -2.15. The lowest BCUT2D eigenvalue weighted by molar-refractivity contribution is -0.384. The number of hydrogen-bond acceptors (Lipinski definition) is 7. The largest absolute Gasteiger partial charge is 0.462 e. The van der Waals surface area contributed by atoms with E-state index in [4.69, 9.17) is 28.6 Å². The fourth-order valence-corrected chi connectivity index (χ4v) is 4.07. The van der Waals surface area contributed by atoms with E-state index < -0.39 is 16.8 Å². The van der Waals surface area contributed by atoms with Gasteiger partial charge in [0.15, 0.2) is 4.32 Å². The summed E-state index contributed by atoms with van der Waals surface area (Å²) in [5, 5.41) is 11.1. The third kappa shape index (κ3) is 4.47. The molecule has 2 aromatic carbocycles. The molecule has 1 saturated heterocycles. The Hall–Kier alpha value is -2.75. The molecule has 1 aliphatic rings. The average Bonchev–Trinajstić information content (AvgIpc) is 2.96. The molecule has 0 atom stereocenters. The van der Waals surface area contributed by atoms with E-state index in [1.807, 2.05) is 0 Å². The van der Waals surface area contributed by atoms with E-state index >= 15 is 0 Å². The minimum absolute atomic E-state index is 0.00970. The minimum atomic E-state index is -0.591. The van der Waals surface area contributed by atoms with Gasteiger partial charge in [0, 0.05) is 6.07 Å². The number of esters is 1. The van der Waals surface area contributed by atoms with E-state index in [1.54, 1.807) is 31.2 Å². The maximum Gasteiger partial charge on any atom is 0.338 e. The van der Waals surface area contributed by atoms with E-state index in [0.29, 0.717) is 21.7 Å². The first-order valence-corrected chi connectivity index (χ1v) is 9.91. The molecule has 0 spiro atoms. The van der Waals surface area contributed by atoms with Crippen LogP contribution in [0.4, 0.5) is 11.4 Å². The quantitative estimate of drug-likeness (QED) is 0.213. The molecule has 0 bridgehead atoms. The van der Waals surface area contributed by atoms with Crippen LogP contribution in [0.25, 0.3) is 6.08 Å². The van der Waals surface area contributed by atoms with Crippen LogP contribution in [0.3, 0.4) is 0 Å². The number of rotatable bonds is 5. The Morgan fingerprint density at radius 3 is 2.79 bits per heavy atom. The molecular weight excluding hydrogens is 436 g/mol. The van der Waals surface area contributed by atoms with Crippen molar-refractivity contribution in [3.8, 4) is 0 Å². The summed E-state index contributed by atoms with van der Waals surface area (Å²) in [5.41, 5.74) is 0.930. The molecule has 3 rings (SSSR count). The predicted octanol–water partition coefficient (Wildman–Crippen LogP) is 4.83. The highest BCUT2D eigenvalue weighted by atomic mass is 35.5.